The monoisotopic (exact) mass is 381 g/mol. The third kappa shape index (κ3) is 4.39. The normalized spacial score (nSPS) is 25.4. The number of likely N-dealkylation sites (tertiary alicyclic amines) is 1. The highest BCUT2D eigenvalue weighted by molar-refractivity contribution is 5.69. The van der Waals surface area contributed by atoms with Gasteiger partial charge in [-0.3, -0.25) is 9.69 Å². The number of phenolic OH excluding ortho intramolecular Hbond substituents is 1. The fraction of sp³-hybridized carbons (Fsp3) is 0.458. The van der Waals surface area contributed by atoms with E-state index in [4.69, 9.17) is 4.74 Å². The average Bonchev–Trinajstić information content (AvgIpc) is 2.71. The summed E-state index contributed by atoms with van der Waals surface area (Å²) in [4.78, 5) is 14.2. The minimum absolute atomic E-state index is 0.0278. The number of ether oxygens (including phenoxy) is 1. The maximum atomic E-state index is 11.7. The smallest absolute Gasteiger partial charge is 0.306 e. The van der Waals surface area contributed by atoms with Crippen molar-refractivity contribution in [3.63, 3.8) is 0 Å². The number of piperidine rings is 1. The van der Waals surface area contributed by atoms with E-state index in [-0.39, 0.29) is 11.4 Å². The fourth-order valence-electron chi connectivity index (χ4n) is 4.55. The summed E-state index contributed by atoms with van der Waals surface area (Å²) in [6, 6.07) is 18.5. The summed E-state index contributed by atoms with van der Waals surface area (Å²) < 4.78 is 4.85. The van der Waals surface area contributed by atoms with E-state index in [0.29, 0.717) is 30.7 Å². The second kappa shape index (κ2) is 8.78. The number of aromatic hydroxyl groups is 1. The molecule has 28 heavy (non-hydrogen) atoms. The number of carbonyl (C=O) groups is 1. The Balaban J connectivity index is 1.87. The van der Waals surface area contributed by atoms with Crippen molar-refractivity contribution in [2.24, 2.45) is 5.92 Å². The SMILES string of the molecule is COC(=O)CCN1CC[C@@](C)(c2cccc(O)c2)[C@@H](C)[C@@H]1Cc1ccccc1. The minimum Gasteiger partial charge on any atom is -0.508 e. The molecule has 3 atom stereocenters. The first-order valence-corrected chi connectivity index (χ1v) is 10.1. The van der Waals surface area contributed by atoms with Gasteiger partial charge in [0.15, 0.2) is 0 Å². The van der Waals surface area contributed by atoms with Crippen LogP contribution in [0.25, 0.3) is 0 Å². The number of carbonyl (C=O) groups excluding carboxylic acids is 1. The van der Waals surface area contributed by atoms with E-state index < -0.39 is 0 Å². The molecule has 1 N–H and O–H groups in total. The third-order valence-corrected chi connectivity index (χ3v) is 6.59. The molecule has 0 saturated carbocycles. The number of nitrogens with zero attached hydrogens (tertiary/aromatic N) is 1. The van der Waals surface area contributed by atoms with Gasteiger partial charge in [-0.1, -0.05) is 56.3 Å². The highest BCUT2D eigenvalue weighted by Crippen LogP contribution is 2.44. The molecule has 0 aromatic heterocycles. The molecule has 4 heteroatoms. The van der Waals surface area contributed by atoms with Crippen LogP contribution in [0.3, 0.4) is 0 Å². The first-order valence-electron chi connectivity index (χ1n) is 10.1. The maximum Gasteiger partial charge on any atom is 0.306 e. The molecule has 1 aliphatic rings. The van der Waals surface area contributed by atoms with Crippen LogP contribution in [-0.2, 0) is 21.4 Å². The lowest BCUT2D eigenvalue weighted by Crippen LogP contribution is -2.55. The third-order valence-electron chi connectivity index (χ3n) is 6.59. The second-order valence-electron chi connectivity index (χ2n) is 8.13. The van der Waals surface area contributed by atoms with Crippen LogP contribution in [0.5, 0.6) is 5.75 Å². The zero-order chi connectivity index (χ0) is 20.1. The first-order chi connectivity index (χ1) is 13.4. The van der Waals surface area contributed by atoms with Crippen LogP contribution < -0.4 is 0 Å². The van der Waals surface area contributed by atoms with Crippen molar-refractivity contribution in [2.75, 3.05) is 20.2 Å². The highest BCUT2D eigenvalue weighted by atomic mass is 16.5. The Morgan fingerprint density at radius 2 is 1.96 bits per heavy atom. The van der Waals surface area contributed by atoms with Gasteiger partial charge in [0.1, 0.15) is 5.75 Å². The van der Waals surface area contributed by atoms with Crippen molar-refractivity contribution in [3.8, 4) is 5.75 Å². The predicted octanol–water partition coefficient (Wildman–Crippen LogP) is 4.17. The maximum absolute atomic E-state index is 11.7. The molecule has 0 unspecified atom stereocenters. The Bertz CT molecular complexity index is 791. The highest BCUT2D eigenvalue weighted by Gasteiger charge is 2.44. The van der Waals surface area contributed by atoms with Gasteiger partial charge < -0.3 is 9.84 Å². The standard InChI is InChI=1S/C24H31NO3/c1-18-22(16-19-8-5-4-6-9-19)25(14-12-23(27)28-3)15-13-24(18,2)20-10-7-11-21(26)17-20/h4-11,17-18,22,26H,12-16H2,1-3H3/t18-,22-,24+/m0/s1. The van der Waals surface area contributed by atoms with Gasteiger partial charge in [0.25, 0.3) is 0 Å². The number of esters is 1. The van der Waals surface area contributed by atoms with Gasteiger partial charge in [-0.05, 0) is 54.0 Å². The number of methoxy groups -OCH3 is 1. The molecule has 2 aromatic rings. The Morgan fingerprint density at radius 1 is 1.21 bits per heavy atom. The van der Waals surface area contributed by atoms with Crippen LogP contribution in [0.4, 0.5) is 0 Å². The number of phenols is 1. The zero-order valence-corrected chi connectivity index (χ0v) is 17.1. The van der Waals surface area contributed by atoms with Crippen molar-refractivity contribution in [1.29, 1.82) is 0 Å². The van der Waals surface area contributed by atoms with Crippen LogP contribution in [0.15, 0.2) is 54.6 Å². The number of rotatable bonds is 6. The van der Waals surface area contributed by atoms with Crippen molar-refractivity contribution in [3.05, 3.63) is 65.7 Å². The van der Waals surface area contributed by atoms with Gasteiger partial charge in [-0.25, -0.2) is 0 Å². The van der Waals surface area contributed by atoms with E-state index in [0.717, 1.165) is 19.4 Å². The van der Waals surface area contributed by atoms with E-state index in [2.05, 4.69) is 49.1 Å². The molecule has 0 aliphatic carbocycles. The van der Waals surface area contributed by atoms with E-state index in [1.807, 2.05) is 18.2 Å². The Morgan fingerprint density at radius 3 is 2.64 bits per heavy atom. The molecule has 0 amide bonds. The van der Waals surface area contributed by atoms with Crippen LogP contribution in [0, 0.1) is 5.92 Å². The summed E-state index contributed by atoms with van der Waals surface area (Å²) in [6.07, 6.45) is 2.35. The average molecular weight is 382 g/mol. The molecule has 2 aromatic carbocycles. The van der Waals surface area contributed by atoms with Crippen LogP contribution in [-0.4, -0.2) is 42.2 Å². The number of hydrogen-bond acceptors (Lipinski definition) is 4. The Labute approximate surface area is 168 Å². The van der Waals surface area contributed by atoms with E-state index in [9.17, 15) is 9.90 Å². The van der Waals surface area contributed by atoms with Crippen molar-refractivity contribution >= 4 is 5.97 Å². The van der Waals surface area contributed by atoms with E-state index in [1.165, 1.54) is 18.2 Å². The molecule has 0 bridgehead atoms. The van der Waals surface area contributed by atoms with Crippen molar-refractivity contribution in [1.82, 2.24) is 4.90 Å². The quantitative estimate of drug-likeness (QED) is 0.763. The lowest BCUT2D eigenvalue weighted by molar-refractivity contribution is -0.141. The Hall–Kier alpha value is -2.33. The van der Waals surface area contributed by atoms with E-state index in [1.54, 1.807) is 6.07 Å². The summed E-state index contributed by atoms with van der Waals surface area (Å²) >= 11 is 0. The summed E-state index contributed by atoms with van der Waals surface area (Å²) in [7, 11) is 1.45. The van der Waals surface area contributed by atoms with Crippen molar-refractivity contribution < 1.29 is 14.6 Å². The number of hydrogen-bond donors (Lipinski definition) is 1. The lowest BCUT2D eigenvalue weighted by atomic mass is 9.64. The van der Waals surface area contributed by atoms with Crippen LogP contribution in [0.2, 0.25) is 0 Å². The predicted molar refractivity (Wildman–Crippen MR) is 111 cm³/mol. The molecule has 1 aliphatic heterocycles. The molecule has 4 nitrogen and oxygen atoms in total. The summed E-state index contributed by atoms with van der Waals surface area (Å²) in [5.74, 6) is 0.520. The zero-order valence-electron chi connectivity index (χ0n) is 17.1. The summed E-state index contributed by atoms with van der Waals surface area (Å²) in [5.41, 5.74) is 2.47. The molecule has 150 valence electrons. The molecule has 1 saturated heterocycles. The van der Waals surface area contributed by atoms with Gasteiger partial charge >= 0.3 is 5.97 Å². The molecule has 0 radical (unpaired) electrons. The fourth-order valence-corrected chi connectivity index (χ4v) is 4.55. The second-order valence-corrected chi connectivity index (χ2v) is 8.13. The molecular weight excluding hydrogens is 350 g/mol. The van der Waals surface area contributed by atoms with Gasteiger partial charge in [0.2, 0.25) is 0 Å². The van der Waals surface area contributed by atoms with Crippen molar-refractivity contribution in [2.45, 2.75) is 44.6 Å². The lowest BCUT2D eigenvalue weighted by Gasteiger charge is -2.51. The summed E-state index contributed by atoms with van der Waals surface area (Å²) in [5, 5.41) is 10.0. The number of benzene rings is 2. The molecule has 0 spiro atoms. The molecular formula is C24H31NO3. The molecule has 3 rings (SSSR count). The van der Waals surface area contributed by atoms with E-state index >= 15 is 0 Å². The van der Waals surface area contributed by atoms with Gasteiger partial charge in [0.05, 0.1) is 13.5 Å². The Kier molecular flexibility index (Phi) is 6.40. The van der Waals surface area contributed by atoms with Gasteiger partial charge in [-0.2, -0.15) is 0 Å². The largest absolute Gasteiger partial charge is 0.508 e. The summed E-state index contributed by atoms with van der Waals surface area (Å²) in [6.45, 7) is 6.25. The van der Waals surface area contributed by atoms with Crippen LogP contribution in [0.1, 0.15) is 37.8 Å². The van der Waals surface area contributed by atoms with Gasteiger partial charge in [0, 0.05) is 12.6 Å². The molecule has 1 heterocycles. The molecule has 1 fully saturated rings. The van der Waals surface area contributed by atoms with Crippen LogP contribution >= 0.6 is 0 Å². The van der Waals surface area contributed by atoms with Gasteiger partial charge in [-0.15, -0.1) is 0 Å². The minimum atomic E-state index is -0.160. The topological polar surface area (TPSA) is 49.8 Å². The first kappa shape index (κ1) is 20.4.